The molecule has 7 nitrogen and oxygen atoms in total. The number of anilines is 2. The summed E-state index contributed by atoms with van der Waals surface area (Å²) in [5, 5.41) is 3.52. The number of pyridine rings is 1. The van der Waals surface area contributed by atoms with Gasteiger partial charge in [0.1, 0.15) is 11.3 Å². The first kappa shape index (κ1) is 28.0. The van der Waals surface area contributed by atoms with Crippen LogP contribution in [0, 0.1) is 5.82 Å². The topological polar surface area (TPSA) is 83.0 Å². The highest BCUT2D eigenvalue weighted by molar-refractivity contribution is 8.00. The van der Waals surface area contributed by atoms with Crippen LogP contribution >= 0.6 is 0 Å². The largest absolute Gasteiger partial charge is 0.351 e. The lowest BCUT2D eigenvalue weighted by atomic mass is 9.91. The molecule has 2 heterocycles. The summed E-state index contributed by atoms with van der Waals surface area (Å²) in [7, 11) is 1.51. The van der Waals surface area contributed by atoms with E-state index in [-0.39, 0.29) is 11.4 Å². The fourth-order valence-corrected chi connectivity index (χ4v) is 6.70. The van der Waals surface area contributed by atoms with E-state index in [2.05, 4.69) is 46.8 Å². The highest BCUT2D eigenvalue weighted by Gasteiger charge is 2.23. The zero-order valence-corrected chi connectivity index (χ0v) is 24.2. The molecule has 1 saturated carbocycles. The zero-order chi connectivity index (χ0) is 28.3. The average molecular weight is 561 g/mol. The van der Waals surface area contributed by atoms with Crippen molar-refractivity contribution in [3.05, 3.63) is 77.7 Å². The number of hydrogen-bond donors (Lipinski definition) is 2. The lowest BCUT2D eigenvalue weighted by molar-refractivity contribution is 0.221. The van der Waals surface area contributed by atoms with Crippen molar-refractivity contribution in [1.82, 2.24) is 19.9 Å². The zero-order valence-electron chi connectivity index (χ0n) is 23.4. The summed E-state index contributed by atoms with van der Waals surface area (Å²) in [5.74, 6) is 4.13. The fraction of sp³-hybridized carbons (Fsp3) is 0.355. The van der Waals surface area contributed by atoms with E-state index >= 15 is 4.39 Å². The Kier molecular flexibility index (Phi) is 8.32. The van der Waals surface area contributed by atoms with Crippen LogP contribution in [0.15, 0.2) is 60.8 Å². The molecule has 40 heavy (non-hydrogen) atoms. The van der Waals surface area contributed by atoms with E-state index in [1.165, 1.54) is 6.07 Å². The Labute approximate surface area is 236 Å². The van der Waals surface area contributed by atoms with E-state index in [1.807, 2.05) is 36.4 Å². The molecule has 1 atom stereocenters. The van der Waals surface area contributed by atoms with Crippen LogP contribution in [0.4, 0.5) is 16.0 Å². The van der Waals surface area contributed by atoms with Gasteiger partial charge in [0.2, 0.25) is 5.95 Å². The molecule has 1 aliphatic carbocycles. The van der Waals surface area contributed by atoms with Gasteiger partial charge in [-0.15, -0.1) is 0 Å². The summed E-state index contributed by atoms with van der Waals surface area (Å²) in [4.78, 5) is 16.4. The van der Waals surface area contributed by atoms with Crippen molar-refractivity contribution in [3.8, 4) is 11.3 Å². The SMILES string of the molecule is C=S(=O)(Cc1ccccc1)Nc1ccc(-c2cc(CC)c3nc(NC4CCC(N(C)C)CC4)ncc3n2)cc1F. The number of fused-ring (bicyclic) bond motifs is 1. The lowest BCUT2D eigenvalue weighted by Crippen LogP contribution is -2.36. The maximum Gasteiger partial charge on any atom is 0.223 e. The lowest BCUT2D eigenvalue weighted by Gasteiger charge is -2.32. The molecule has 0 amide bonds. The van der Waals surface area contributed by atoms with Gasteiger partial charge in [0.25, 0.3) is 0 Å². The molecule has 4 aromatic rings. The summed E-state index contributed by atoms with van der Waals surface area (Å²) in [6.45, 7) is 2.07. The molecule has 2 aromatic carbocycles. The molecule has 0 bridgehead atoms. The third-order valence-electron chi connectivity index (χ3n) is 7.57. The van der Waals surface area contributed by atoms with Gasteiger partial charge in [0.05, 0.1) is 28.8 Å². The van der Waals surface area contributed by atoms with Gasteiger partial charge in [0.15, 0.2) is 0 Å². The molecule has 210 valence electrons. The van der Waals surface area contributed by atoms with Gasteiger partial charge in [-0.1, -0.05) is 43.3 Å². The number of nitrogens with zero attached hydrogens (tertiary/aromatic N) is 4. The molecule has 1 unspecified atom stereocenters. The van der Waals surface area contributed by atoms with Crippen LogP contribution in [0.2, 0.25) is 0 Å². The summed E-state index contributed by atoms with van der Waals surface area (Å²) < 4.78 is 31.0. The molecule has 1 fully saturated rings. The van der Waals surface area contributed by atoms with Crippen LogP contribution in [0.25, 0.3) is 22.3 Å². The van der Waals surface area contributed by atoms with Crippen LogP contribution < -0.4 is 10.0 Å². The highest BCUT2D eigenvalue weighted by atomic mass is 32.2. The molecule has 2 N–H and O–H groups in total. The number of halogens is 1. The molecule has 5 rings (SSSR count). The van der Waals surface area contributed by atoms with Gasteiger partial charge in [-0.3, -0.25) is 0 Å². The van der Waals surface area contributed by atoms with Crippen LogP contribution in [0.5, 0.6) is 0 Å². The second kappa shape index (κ2) is 11.9. The molecule has 0 spiro atoms. The van der Waals surface area contributed by atoms with Crippen LogP contribution in [0.1, 0.15) is 43.7 Å². The van der Waals surface area contributed by atoms with Crippen molar-refractivity contribution >= 4 is 38.2 Å². The third kappa shape index (κ3) is 6.59. The minimum Gasteiger partial charge on any atom is -0.351 e. The van der Waals surface area contributed by atoms with Crippen molar-refractivity contribution in [2.75, 3.05) is 24.1 Å². The summed E-state index contributed by atoms with van der Waals surface area (Å²) in [5.41, 5.74) is 4.78. The monoisotopic (exact) mass is 560 g/mol. The van der Waals surface area contributed by atoms with Crippen molar-refractivity contribution in [3.63, 3.8) is 0 Å². The maximum atomic E-state index is 15.2. The standard InChI is InChI=1S/C31H37FN6OS/c1-5-22-18-28(23-11-16-27(26(32)17-23)37-40(4,39)20-21-9-7-6-8-10-21)35-29-19-33-31(36-30(22)29)34-24-12-14-25(15-13-24)38(2)3/h6-11,16-19,24-25H,4-5,12-15,20H2,1-3H3,(H,37,39)(H,33,34,36). The summed E-state index contributed by atoms with van der Waals surface area (Å²) in [6.07, 6.45) is 7.00. The number of aryl methyl sites for hydroxylation is 1. The van der Waals surface area contributed by atoms with Crippen LogP contribution in [0.3, 0.4) is 0 Å². The fourth-order valence-electron chi connectivity index (χ4n) is 5.33. The molecule has 1 aliphatic rings. The third-order valence-corrected chi connectivity index (χ3v) is 8.96. The van der Waals surface area contributed by atoms with Gasteiger partial charge < -0.3 is 14.9 Å². The Morgan fingerprint density at radius 1 is 1.05 bits per heavy atom. The van der Waals surface area contributed by atoms with E-state index < -0.39 is 15.5 Å². The molecule has 0 saturated heterocycles. The van der Waals surface area contributed by atoms with E-state index in [0.29, 0.717) is 34.8 Å². The van der Waals surface area contributed by atoms with Gasteiger partial charge in [-0.2, -0.15) is 0 Å². The maximum absolute atomic E-state index is 15.2. The van der Waals surface area contributed by atoms with Crippen molar-refractivity contribution in [2.45, 2.75) is 56.9 Å². The van der Waals surface area contributed by atoms with Crippen LogP contribution in [-0.4, -0.2) is 56.1 Å². The van der Waals surface area contributed by atoms with Gasteiger partial charge >= 0.3 is 0 Å². The minimum atomic E-state index is -2.78. The van der Waals surface area contributed by atoms with E-state index in [1.54, 1.807) is 18.3 Å². The predicted molar refractivity (Wildman–Crippen MR) is 164 cm³/mol. The van der Waals surface area contributed by atoms with Crippen molar-refractivity contribution in [2.24, 2.45) is 0 Å². The van der Waals surface area contributed by atoms with Gasteiger partial charge in [-0.05, 0) is 81.4 Å². The second-order valence-electron chi connectivity index (χ2n) is 10.8. The first-order chi connectivity index (χ1) is 19.2. The Hall–Kier alpha value is -3.56. The normalized spacial score (nSPS) is 18.9. The van der Waals surface area contributed by atoms with Crippen LogP contribution in [-0.2, 0) is 21.9 Å². The molecular weight excluding hydrogens is 523 g/mol. The molecule has 9 heteroatoms. The first-order valence-corrected chi connectivity index (χ1v) is 15.7. The smallest absolute Gasteiger partial charge is 0.223 e. The Morgan fingerprint density at radius 3 is 2.48 bits per heavy atom. The van der Waals surface area contributed by atoms with E-state index in [9.17, 15) is 4.21 Å². The molecule has 0 radical (unpaired) electrons. The summed E-state index contributed by atoms with van der Waals surface area (Å²) >= 11 is 0. The summed E-state index contributed by atoms with van der Waals surface area (Å²) in [6, 6.07) is 17.1. The molecule has 2 aromatic heterocycles. The van der Waals surface area contributed by atoms with E-state index in [0.717, 1.165) is 48.7 Å². The second-order valence-corrected chi connectivity index (χ2v) is 12.9. The quantitative estimate of drug-likeness (QED) is 0.247. The molecular formula is C31H37FN6OS. The highest BCUT2D eigenvalue weighted by Crippen LogP contribution is 2.29. The van der Waals surface area contributed by atoms with Gasteiger partial charge in [-0.25, -0.2) is 23.6 Å². The first-order valence-electron chi connectivity index (χ1n) is 13.8. The van der Waals surface area contributed by atoms with Crippen molar-refractivity contribution in [1.29, 1.82) is 0 Å². The Balaban J connectivity index is 1.34. The molecule has 0 aliphatic heterocycles. The predicted octanol–water partition coefficient (Wildman–Crippen LogP) is 5.92. The minimum absolute atomic E-state index is 0.148. The Morgan fingerprint density at radius 2 is 1.80 bits per heavy atom. The number of rotatable bonds is 9. The number of hydrogen-bond acceptors (Lipinski definition) is 6. The number of nitrogens with one attached hydrogen (secondary N) is 2. The Bertz CT molecular complexity index is 1580. The number of aromatic nitrogens is 3. The van der Waals surface area contributed by atoms with Gasteiger partial charge in [0, 0.05) is 27.4 Å². The average Bonchev–Trinajstić information content (AvgIpc) is 2.94. The van der Waals surface area contributed by atoms with Crippen molar-refractivity contribution < 1.29 is 8.60 Å². The van der Waals surface area contributed by atoms with E-state index in [4.69, 9.17) is 9.97 Å². The number of benzene rings is 2.